The van der Waals surface area contributed by atoms with Crippen LogP contribution < -0.4 is 10.2 Å². The first-order valence-corrected chi connectivity index (χ1v) is 4.44. The molecular weight excluding hydrogens is 194 g/mol. The smallest absolute Gasteiger partial charge is 0.270 e. The Kier molecular flexibility index (Phi) is 3.88. The summed E-state index contributed by atoms with van der Waals surface area (Å²) in [4.78, 5) is 11.0. The van der Waals surface area contributed by atoms with Crippen LogP contribution >= 0.6 is 0 Å². The Hall–Kier alpha value is -1.81. The molecule has 0 aliphatic heterocycles. The predicted octanol–water partition coefficient (Wildman–Crippen LogP) is 1.60. The summed E-state index contributed by atoms with van der Waals surface area (Å²) in [7, 11) is 1.59. The number of nitrogens with one attached hydrogen (secondary N) is 1. The van der Waals surface area contributed by atoms with E-state index in [4.69, 9.17) is 9.94 Å². The number of carbonyl (C=O) groups is 1. The molecule has 0 heterocycles. The second-order valence-electron chi connectivity index (χ2n) is 3.04. The van der Waals surface area contributed by atoms with Crippen LogP contribution in [0.2, 0.25) is 0 Å². The quantitative estimate of drug-likeness (QED) is 0.449. The molecule has 0 bridgehead atoms. The molecule has 0 aliphatic carbocycles. The number of hydroxylamine groups is 1. The molecule has 80 valence electrons. The van der Waals surface area contributed by atoms with Gasteiger partial charge in [0.2, 0.25) is 0 Å². The maximum atomic E-state index is 11.0. The number of methoxy groups -OCH3 is 1. The first-order valence-electron chi connectivity index (χ1n) is 4.44. The van der Waals surface area contributed by atoms with Gasteiger partial charge in [0.1, 0.15) is 5.75 Å². The molecule has 1 amide bonds. The summed E-state index contributed by atoms with van der Waals surface area (Å²) >= 11 is 0. The second-order valence-corrected chi connectivity index (χ2v) is 3.04. The van der Waals surface area contributed by atoms with Gasteiger partial charge in [-0.05, 0) is 30.7 Å². The molecule has 0 fully saturated rings. The lowest BCUT2D eigenvalue weighted by Gasteiger charge is -2.01. The normalized spacial score (nSPS) is 11.0. The molecule has 0 aromatic heterocycles. The van der Waals surface area contributed by atoms with Crippen molar-refractivity contribution in [3.05, 3.63) is 35.4 Å². The van der Waals surface area contributed by atoms with Gasteiger partial charge < -0.3 is 4.74 Å². The Morgan fingerprint density at radius 3 is 2.47 bits per heavy atom. The topological polar surface area (TPSA) is 58.6 Å². The fourth-order valence-electron chi connectivity index (χ4n) is 1.10. The zero-order chi connectivity index (χ0) is 11.3. The van der Waals surface area contributed by atoms with Crippen molar-refractivity contribution in [2.75, 3.05) is 7.11 Å². The summed E-state index contributed by atoms with van der Waals surface area (Å²) in [5.41, 5.74) is 2.88. The van der Waals surface area contributed by atoms with E-state index in [9.17, 15) is 4.79 Å². The molecule has 1 aromatic carbocycles. The van der Waals surface area contributed by atoms with E-state index in [1.54, 1.807) is 37.7 Å². The van der Waals surface area contributed by atoms with Gasteiger partial charge in [0.25, 0.3) is 5.91 Å². The molecular formula is C11H13NO3. The van der Waals surface area contributed by atoms with Crippen molar-refractivity contribution in [3.8, 4) is 5.75 Å². The van der Waals surface area contributed by atoms with E-state index in [-0.39, 0.29) is 0 Å². The van der Waals surface area contributed by atoms with E-state index in [0.717, 1.165) is 11.3 Å². The van der Waals surface area contributed by atoms with Gasteiger partial charge in [-0.3, -0.25) is 10.0 Å². The van der Waals surface area contributed by atoms with Gasteiger partial charge >= 0.3 is 0 Å². The first kappa shape index (κ1) is 11.3. The van der Waals surface area contributed by atoms with Crippen molar-refractivity contribution >= 4 is 12.0 Å². The van der Waals surface area contributed by atoms with Crippen molar-refractivity contribution in [3.63, 3.8) is 0 Å². The van der Waals surface area contributed by atoms with Crippen molar-refractivity contribution in [2.45, 2.75) is 6.92 Å². The average Bonchev–Trinajstić information content (AvgIpc) is 2.29. The standard InChI is InChI=1S/C11H13NO3/c1-8(11(13)12-14)7-9-3-5-10(15-2)6-4-9/h3-7,14H,1-2H3,(H,12,13)/b8-7+. The molecule has 4 heteroatoms. The largest absolute Gasteiger partial charge is 0.497 e. The molecule has 0 spiro atoms. The fraction of sp³-hybridized carbons (Fsp3) is 0.182. The number of rotatable bonds is 3. The Labute approximate surface area is 88.1 Å². The van der Waals surface area contributed by atoms with Gasteiger partial charge in [0.15, 0.2) is 0 Å². The molecule has 15 heavy (non-hydrogen) atoms. The van der Waals surface area contributed by atoms with E-state index in [1.807, 2.05) is 12.1 Å². The van der Waals surface area contributed by atoms with Gasteiger partial charge in [-0.1, -0.05) is 12.1 Å². The van der Waals surface area contributed by atoms with Crippen LogP contribution in [0.4, 0.5) is 0 Å². The lowest BCUT2D eigenvalue weighted by Crippen LogP contribution is -2.19. The third-order valence-electron chi connectivity index (χ3n) is 1.96. The summed E-state index contributed by atoms with van der Waals surface area (Å²) in [5.74, 6) is 0.252. The Balaban J connectivity index is 2.84. The monoisotopic (exact) mass is 207 g/mol. The van der Waals surface area contributed by atoms with Crippen molar-refractivity contribution in [2.24, 2.45) is 0 Å². The van der Waals surface area contributed by atoms with Crippen molar-refractivity contribution in [1.29, 1.82) is 0 Å². The number of hydrogen-bond donors (Lipinski definition) is 2. The third-order valence-corrected chi connectivity index (χ3v) is 1.96. The predicted molar refractivity (Wildman–Crippen MR) is 56.6 cm³/mol. The molecule has 0 aliphatic rings. The van der Waals surface area contributed by atoms with E-state index >= 15 is 0 Å². The second kappa shape index (κ2) is 5.17. The van der Waals surface area contributed by atoms with Crippen molar-refractivity contribution < 1.29 is 14.7 Å². The minimum absolute atomic E-state index is 0.433. The van der Waals surface area contributed by atoms with Crippen LogP contribution in [0.1, 0.15) is 12.5 Å². The molecule has 1 aromatic rings. The van der Waals surface area contributed by atoms with Crippen LogP contribution in [0.3, 0.4) is 0 Å². The number of ether oxygens (including phenoxy) is 1. The lowest BCUT2D eigenvalue weighted by molar-refractivity contribution is -0.125. The Morgan fingerprint density at radius 1 is 1.40 bits per heavy atom. The maximum Gasteiger partial charge on any atom is 0.270 e. The first-order chi connectivity index (χ1) is 7.17. The Bertz CT molecular complexity index is 368. The summed E-state index contributed by atoms with van der Waals surface area (Å²) < 4.78 is 5.00. The van der Waals surface area contributed by atoms with E-state index in [2.05, 4.69) is 0 Å². The van der Waals surface area contributed by atoms with Gasteiger partial charge in [0, 0.05) is 5.57 Å². The third kappa shape index (κ3) is 3.11. The zero-order valence-electron chi connectivity index (χ0n) is 8.65. The van der Waals surface area contributed by atoms with E-state index in [1.165, 1.54) is 0 Å². The summed E-state index contributed by atoms with van der Waals surface area (Å²) in [6.07, 6.45) is 1.67. The molecule has 0 radical (unpaired) electrons. The van der Waals surface area contributed by atoms with E-state index in [0.29, 0.717) is 5.57 Å². The summed E-state index contributed by atoms with van der Waals surface area (Å²) in [5, 5.41) is 8.41. The van der Waals surface area contributed by atoms with E-state index < -0.39 is 5.91 Å². The molecule has 0 saturated carbocycles. The van der Waals surface area contributed by atoms with Gasteiger partial charge in [-0.15, -0.1) is 0 Å². The number of hydrogen-bond acceptors (Lipinski definition) is 3. The highest BCUT2D eigenvalue weighted by Crippen LogP contribution is 2.13. The van der Waals surface area contributed by atoms with Crippen LogP contribution in [-0.2, 0) is 4.79 Å². The highest BCUT2D eigenvalue weighted by molar-refractivity contribution is 5.96. The van der Waals surface area contributed by atoms with Crippen LogP contribution in [-0.4, -0.2) is 18.2 Å². The molecule has 4 nitrogen and oxygen atoms in total. The van der Waals surface area contributed by atoms with Gasteiger partial charge in [-0.25, -0.2) is 5.48 Å². The summed E-state index contributed by atoms with van der Waals surface area (Å²) in [6.45, 7) is 1.62. The number of amides is 1. The van der Waals surface area contributed by atoms with Gasteiger partial charge in [-0.2, -0.15) is 0 Å². The number of benzene rings is 1. The minimum atomic E-state index is -0.509. The summed E-state index contributed by atoms with van der Waals surface area (Å²) in [6, 6.07) is 7.26. The maximum absolute atomic E-state index is 11.0. The fourth-order valence-corrected chi connectivity index (χ4v) is 1.10. The molecule has 2 N–H and O–H groups in total. The van der Waals surface area contributed by atoms with Crippen LogP contribution in [0, 0.1) is 0 Å². The molecule has 1 rings (SSSR count). The minimum Gasteiger partial charge on any atom is -0.497 e. The zero-order valence-corrected chi connectivity index (χ0v) is 8.65. The Morgan fingerprint density at radius 2 is 2.00 bits per heavy atom. The average molecular weight is 207 g/mol. The SMILES string of the molecule is COc1ccc(/C=C(\C)C(=O)NO)cc1. The van der Waals surface area contributed by atoms with Crippen molar-refractivity contribution in [1.82, 2.24) is 5.48 Å². The highest BCUT2D eigenvalue weighted by Gasteiger charge is 2.01. The lowest BCUT2D eigenvalue weighted by atomic mass is 10.1. The molecule has 0 atom stereocenters. The molecule has 0 saturated heterocycles. The van der Waals surface area contributed by atoms with Gasteiger partial charge in [0.05, 0.1) is 7.11 Å². The molecule has 0 unspecified atom stereocenters. The van der Waals surface area contributed by atoms with Crippen LogP contribution in [0.5, 0.6) is 5.75 Å². The van der Waals surface area contributed by atoms with Crippen LogP contribution in [0.15, 0.2) is 29.8 Å². The number of carbonyl (C=O) groups excluding carboxylic acids is 1. The highest BCUT2D eigenvalue weighted by atomic mass is 16.5. The van der Waals surface area contributed by atoms with Crippen LogP contribution in [0.25, 0.3) is 6.08 Å².